The fourth-order valence-electron chi connectivity index (χ4n) is 4.86. The minimum absolute atomic E-state index is 0.142. The molecule has 3 aliphatic rings. The minimum atomic E-state index is -3.17. The maximum Gasteiger partial charge on any atom is 0.341 e. The SMILES string of the molecule is CCN1C(=O)N(/N=C/C(OC(C)=O)C2CCCCC2)C2CC(S(C)(=O)=O)CC21. The van der Waals surface area contributed by atoms with Crippen LogP contribution in [0.2, 0.25) is 0 Å². The highest BCUT2D eigenvalue weighted by Crippen LogP contribution is 2.38. The Bertz CT molecular complexity index is 732. The molecule has 0 radical (unpaired) electrons. The van der Waals surface area contributed by atoms with Crippen molar-refractivity contribution >= 4 is 28.1 Å². The number of hydrazone groups is 1. The summed E-state index contributed by atoms with van der Waals surface area (Å²) in [5.74, 6) is -0.148. The molecule has 0 aromatic heterocycles. The van der Waals surface area contributed by atoms with Crippen LogP contribution in [0.3, 0.4) is 0 Å². The average molecular weight is 414 g/mol. The van der Waals surface area contributed by atoms with E-state index in [2.05, 4.69) is 5.10 Å². The van der Waals surface area contributed by atoms with Crippen LogP contribution in [0.25, 0.3) is 0 Å². The van der Waals surface area contributed by atoms with Gasteiger partial charge in [-0.2, -0.15) is 5.10 Å². The number of amides is 2. The van der Waals surface area contributed by atoms with E-state index in [0.29, 0.717) is 19.4 Å². The molecule has 2 amide bonds. The fraction of sp³-hybridized carbons (Fsp3) is 0.842. The van der Waals surface area contributed by atoms with E-state index in [1.54, 1.807) is 11.1 Å². The first-order chi connectivity index (χ1) is 13.2. The molecule has 0 bridgehead atoms. The molecule has 4 unspecified atom stereocenters. The molecule has 8 nitrogen and oxygen atoms in total. The molecule has 1 aliphatic heterocycles. The second kappa shape index (κ2) is 8.39. The summed E-state index contributed by atoms with van der Waals surface area (Å²) >= 11 is 0. The summed E-state index contributed by atoms with van der Waals surface area (Å²) in [5, 5.41) is 5.40. The van der Waals surface area contributed by atoms with Gasteiger partial charge < -0.3 is 9.64 Å². The number of hydrogen-bond acceptors (Lipinski definition) is 6. The van der Waals surface area contributed by atoms with E-state index in [9.17, 15) is 18.0 Å². The number of urea groups is 1. The summed E-state index contributed by atoms with van der Waals surface area (Å²) in [6.45, 7) is 3.78. The lowest BCUT2D eigenvalue weighted by Crippen LogP contribution is -2.36. The maximum atomic E-state index is 12.8. The van der Waals surface area contributed by atoms with Gasteiger partial charge in [-0.25, -0.2) is 18.2 Å². The highest BCUT2D eigenvalue weighted by atomic mass is 32.2. The lowest BCUT2D eigenvalue weighted by molar-refractivity contribution is -0.145. The maximum absolute atomic E-state index is 12.8. The zero-order chi connectivity index (χ0) is 20.5. The quantitative estimate of drug-likeness (QED) is 0.491. The highest BCUT2D eigenvalue weighted by molar-refractivity contribution is 7.91. The summed E-state index contributed by atoms with van der Waals surface area (Å²) in [4.78, 5) is 26.1. The summed E-state index contributed by atoms with van der Waals surface area (Å²) in [5.41, 5.74) is 0. The van der Waals surface area contributed by atoms with Crippen LogP contribution in [-0.2, 0) is 19.4 Å². The van der Waals surface area contributed by atoms with E-state index < -0.39 is 21.2 Å². The Hall–Kier alpha value is -1.64. The van der Waals surface area contributed by atoms with E-state index in [1.165, 1.54) is 24.6 Å². The van der Waals surface area contributed by atoms with Crippen LogP contribution in [0.15, 0.2) is 5.10 Å². The lowest BCUT2D eigenvalue weighted by Gasteiger charge is -2.27. The number of nitrogens with zero attached hydrogens (tertiary/aromatic N) is 3. The Balaban J connectivity index is 1.79. The largest absolute Gasteiger partial charge is 0.456 e. The molecule has 9 heteroatoms. The lowest BCUT2D eigenvalue weighted by atomic mass is 9.85. The van der Waals surface area contributed by atoms with Crippen molar-refractivity contribution in [3.63, 3.8) is 0 Å². The van der Waals surface area contributed by atoms with Crippen molar-refractivity contribution in [1.82, 2.24) is 9.91 Å². The van der Waals surface area contributed by atoms with Gasteiger partial charge in [-0.15, -0.1) is 0 Å². The van der Waals surface area contributed by atoms with Gasteiger partial charge in [0.05, 0.1) is 23.5 Å². The predicted octanol–water partition coefficient (Wildman–Crippen LogP) is 2.19. The zero-order valence-corrected chi connectivity index (χ0v) is 17.7. The van der Waals surface area contributed by atoms with Crippen molar-refractivity contribution in [3.05, 3.63) is 0 Å². The Labute approximate surface area is 167 Å². The third kappa shape index (κ3) is 4.34. The van der Waals surface area contributed by atoms with Gasteiger partial charge in [-0.1, -0.05) is 19.3 Å². The Kier molecular flexibility index (Phi) is 6.31. The van der Waals surface area contributed by atoms with Gasteiger partial charge in [0.15, 0.2) is 0 Å². The summed E-state index contributed by atoms with van der Waals surface area (Å²) in [6, 6.07) is -0.602. The molecule has 0 aromatic carbocycles. The number of hydrogen-bond donors (Lipinski definition) is 0. The third-order valence-corrected chi connectivity index (χ3v) is 7.91. The van der Waals surface area contributed by atoms with Crippen LogP contribution in [0.5, 0.6) is 0 Å². The van der Waals surface area contributed by atoms with Crippen LogP contribution in [-0.4, -0.2) is 72.8 Å². The third-order valence-electron chi connectivity index (χ3n) is 6.31. The number of likely N-dealkylation sites (N-methyl/N-ethyl adjacent to an activating group) is 1. The Morgan fingerprint density at radius 3 is 2.46 bits per heavy atom. The molecule has 3 fully saturated rings. The summed E-state index contributed by atoms with van der Waals surface area (Å²) in [7, 11) is -3.17. The van der Waals surface area contributed by atoms with Crippen LogP contribution in [0, 0.1) is 5.92 Å². The van der Waals surface area contributed by atoms with Crippen molar-refractivity contribution in [2.45, 2.75) is 82.2 Å². The number of esters is 1. The standard InChI is InChI=1S/C19H31N3O5S/c1-4-21-16-10-15(28(3,25)26)11-17(16)22(19(21)24)20-12-18(27-13(2)23)14-8-6-5-7-9-14/h12,14-18H,4-11H2,1-3H3/b20-12+. The van der Waals surface area contributed by atoms with E-state index >= 15 is 0 Å². The van der Waals surface area contributed by atoms with Crippen molar-refractivity contribution in [2.24, 2.45) is 11.0 Å². The number of carbonyl (C=O) groups excluding carboxylic acids is 2. The molecular formula is C19H31N3O5S. The number of rotatable bonds is 6. The molecule has 28 heavy (non-hydrogen) atoms. The summed E-state index contributed by atoms with van der Waals surface area (Å²) < 4.78 is 29.5. The van der Waals surface area contributed by atoms with Crippen molar-refractivity contribution in [3.8, 4) is 0 Å². The molecule has 0 spiro atoms. The van der Waals surface area contributed by atoms with Crippen molar-refractivity contribution in [1.29, 1.82) is 0 Å². The number of fused-ring (bicyclic) bond motifs is 1. The number of ether oxygens (including phenoxy) is 1. The molecule has 0 N–H and O–H groups in total. The van der Waals surface area contributed by atoms with Gasteiger partial charge in [0.1, 0.15) is 15.9 Å². The molecule has 0 aromatic rings. The first-order valence-corrected chi connectivity index (χ1v) is 12.2. The van der Waals surface area contributed by atoms with E-state index in [0.717, 1.165) is 25.7 Å². The normalized spacial score (nSPS) is 30.1. The Morgan fingerprint density at radius 1 is 1.25 bits per heavy atom. The molecule has 1 heterocycles. The van der Waals surface area contributed by atoms with Gasteiger partial charge in [-0.05, 0) is 32.6 Å². The van der Waals surface area contributed by atoms with Gasteiger partial charge in [0.2, 0.25) is 0 Å². The van der Waals surface area contributed by atoms with Crippen molar-refractivity contribution in [2.75, 3.05) is 12.8 Å². The molecule has 2 saturated carbocycles. The van der Waals surface area contributed by atoms with E-state index in [1.807, 2.05) is 6.92 Å². The first-order valence-electron chi connectivity index (χ1n) is 10.2. The van der Waals surface area contributed by atoms with E-state index in [-0.39, 0.29) is 30.0 Å². The molecule has 4 atom stereocenters. The van der Waals surface area contributed by atoms with Gasteiger partial charge in [-0.3, -0.25) is 4.79 Å². The second-order valence-electron chi connectivity index (χ2n) is 8.21. The Morgan fingerprint density at radius 2 is 1.89 bits per heavy atom. The zero-order valence-electron chi connectivity index (χ0n) is 16.9. The van der Waals surface area contributed by atoms with Crippen LogP contribution in [0.4, 0.5) is 4.79 Å². The van der Waals surface area contributed by atoms with Crippen molar-refractivity contribution < 1.29 is 22.7 Å². The molecule has 2 aliphatic carbocycles. The first kappa shape index (κ1) is 21.1. The number of carbonyl (C=O) groups is 2. The molecular weight excluding hydrogens is 382 g/mol. The molecule has 1 saturated heterocycles. The second-order valence-corrected chi connectivity index (χ2v) is 10.5. The highest BCUT2D eigenvalue weighted by Gasteiger charge is 2.53. The van der Waals surface area contributed by atoms with Crippen LogP contribution >= 0.6 is 0 Å². The van der Waals surface area contributed by atoms with Gasteiger partial charge >= 0.3 is 12.0 Å². The fourth-order valence-corrected chi connectivity index (χ4v) is 5.95. The van der Waals surface area contributed by atoms with Gasteiger partial charge in [0.25, 0.3) is 0 Å². The molecule has 158 valence electrons. The predicted molar refractivity (Wildman–Crippen MR) is 106 cm³/mol. The number of sulfone groups is 1. The van der Waals surface area contributed by atoms with Crippen LogP contribution < -0.4 is 0 Å². The van der Waals surface area contributed by atoms with Gasteiger partial charge in [0, 0.05) is 25.6 Å². The van der Waals surface area contributed by atoms with E-state index in [4.69, 9.17) is 4.74 Å². The molecule has 3 rings (SSSR count). The summed E-state index contributed by atoms with van der Waals surface area (Å²) in [6.07, 6.45) is 8.56. The average Bonchev–Trinajstić information content (AvgIpc) is 3.16. The monoisotopic (exact) mass is 413 g/mol. The van der Waals surface area contributed by atoms with Crippen LogP contribution in [0.1, 0.15) is 58.8 Å². The topological polar surface area (TPSA) is 96.3 Å². The minimum Gasteiger partial charge on any atom is -0.456 e. The smallest absolute Gasteiger partial charge is 0.341 e.